The molecule has 4 heteroatoms. The Morgan fingerprint density at radius 3 is 2.36 bits per heavy atom. The average Bonchev–Trinajstić information content (AvgIpc) is 2.52. The van der Waals surface area contributed by atoms with Crippen LogP contribution >= 0.6 is 22.6 Å². The molecular formula is C18H20INO2. The first-order chi connectivity index (χ1) is 10.6. The van der Waals surface area contributed by atoms with Crippen molar-refractivity contribution in [3.05, 3.63) is 63.7 Å². The van der Waals surface area contributed by atoms with Crippen LogP contribution in [0.5, 0.6) is 5.75 Å². The zero-order chi connectivity index (χ0) is 15.9. The summed E-state index contributed by atoms with van der Waals surface area (Å²) < 4.78 is 6.68. The molecule has 22 heavy (non-hydrogen) atoms. The average molecular weight is 409 g/mol. The fourth-order valence-electron chi connectivity index (χ4n) is 2.12. The van der Waals surface area contributed by atoms with Crippen molar-refractivity contribution in [2.24, 2.45) is 0 Å². The SMILES string of the molecule is CC(C)N(Cc1ccccc1)C(=O)COc1ccccc1I. The van der Waals surface area contributed by atoms with Gasteiger partial charge in [-0.1, -0.05) is 42.5 Å². The Hall–Kier alpha value is -1.56. The molecule has 116 valence electrons. The Morgan fingerprint density at radius 1 is 1.09 bits per heavy atom. The summed E-state index contributed by atoms with van der Waals surface area (Å²) in [4.78, 5) is 14.3. The summed E-state index contributed by atoms with van der Waals surface area (Å²) in [6, 6.07) is 17.8. The second kappa shape index (κ2) is 8.17. The van der Waals surface area contributed by atoms with E-state index in [2.05, 4.69) is 22.6 Å². The Morgan fingerprint density at radius 2 is 1.73 bits per heavy atom. The highest BCUT2D eigenvalue weighted by Crippen LogP contribution is 2.20. The lowest BCUT2D eigenvalue weighted by Crippen LogP contribution is -2.39. The van der Waals surface area contributed by atoms with E-state index in [0.29, 0.717) is 6.54 Å². The van der Waals surface area contributed by atoms with Crippen molar-refractivity contribution >= 4 is 28.5 Å². The molecule has 0 unspecified atom stereocenters. The predicted octanol–water partition coefficient (Wildman–Crippen LogP) is 4.11. The minimum absolute atomic E-state index is 0.00138. The van der Waals surface area contributed by atoms with E-state index in [9.17, 15) is 4.79 Å². The summed E-state index contributed by atoms with van der Waals surface area (Å²) in [5.41, 5.74) is 1.12. The van der Waals surface area contributed by atoms with Gasteiger partial charge in [0, 0.05) is 12.6 Å². The number of ether oxygens (including phenoxy) is 1. The van der Waals surface area contributed by atoms with E-state index in [0.717, 1.165) is 14.9 Å². The van der Waals surface area contributed by atoms with Crippen molar-refractivity contribution < 1.29 is 9.53 Å². The first-order valence-electron chi connectivity index (χ1n) is 7.28. The zero-order valence-electron chi connectivity index (χ0n) is 12.8. The van der Waals surface area contributed by atoms with Gasteiger partial charge in [-0.15, -0.1) is 0 Å². The second-order valence-electron chi connectivity index (χ2n) is 5.32. The molecule has 0 bridgehead atoms. The predicted molar refractivity (Wildman–Crippen MR) is 96.8 cm³/mol. The molecule has 0 fully saturated rings. The maximum Gasteiger partial charge on any atom is 0.261 e. The quantitative estimate of drug-likeness (QED) is 0.673. The molecule has 0 atom stereocenters. The molecule has 2 aromatic carbocycles. The van der Waals surface area contributed by atoms with Gasteiger partial charge in [0.05, 0.1) is 3.57 Å². The monoisotopic (exact) mass is 409 g/mol. The molecule has 0 aliphatic carbocycles. The van der Waals surface area contributed by atoms with Crippen LogP contribution in [0.15, 0.2) is 54.6 Å². The van der Waals surface area contributed by atoms with Crippen LogP contribution in [0.3, 0.4) is 0 Å². The summed E-state index contributed by atoms with van der Waals surface area (Å²) in [7, 11) is 0. The number of benzene rings is 2. The van der Waals surface area contributed by atoms with Crippen molar-refractivity contribution in [1.29, 1.82) is 0 Å². The van der Waals surface area contributed by atoms with E-state index in [1.165, 1.54) is 0 Å². The van der Waals surface area contributed by atoms with E-state index >= 15 is 0 Å². The van der Waals surface area contributed by atoms with E-state index in [4.69, 9.17) is 4.74 Å². The molecule has 0 N–H and O–H groups in total. The first kappa shape index (κ1) is 16.8. The van der Waals surface area contributed by atoms with Crippen molar-refractivity contribution in [1.82, 2.24) is 4.90 Å². The lowest BCUT2D eigenvalue weighted by atomic mass is 10.2. The van der Waals surface area contributed by atoms with Gasteiger partial charge in [0.15, 0.2) is 6.61 Å². The number of rotatable bonds is 6. The molecule has 3 nitrogen and oxygen atoms in total. The topological polar surface area (TPSA) is 29.5 Å². The Bertz CT molecular complexity index is 613. The summed E-state index contributed by atoms with van der Waals surface area (Å²) in [5, 5.41) is 0. The van der Waals surface area contributed by atoms with Crippen LogP contribution in [0.1, 0.15) is 19.4 Å². The van der Waals surface area contributed by atoms with Crippen LogP contribution in [0.2, 0.25) is 0 Å². The molecule has 0 aromatic heterocycles. The van der Waals surface area contributed by atoms with E-state index < -0.39 is 0 Å². The number of carbonyl (C=O) groups excluding carboxylic acids is 1. The maximum absolute atomic E-state index is 12.5. The van der Waals surface area contributed by atoms with Gasteiger partial charge in [0.1, 0.15) is 5.75 Å². The van der Waals surface area contributed by atoms with Crippen molar-refractivity contribution in [2.45, 2.75) is 26.4 Å². The highest BCUT2D eigenvalue weighted by atomic mass is 127. The number of hydrogen-bond donors (Lipinski definition) is 0. The van der Waals surface area contributed by atoms with Crippen molar-refractivity contribution in [3.8, 4) is 5.75 Å². The summed E-state index contributed by atoms with van der Waals surface area (Å²) >= 11 is 2.21. The van der Waals surface area contributed by atoms with Gasteiger partial charge in [-0.05, 0) is 54.1 Å². The fourth-order valence-corrected chi connectivity index (χ4v) is 2.67. The normalized spacial score (nSPS) is 10.5. The number of hydrogen-bond acceptors (Lipinski definition) is 2. The lowest BCUT2D eigenvalue weighted by molar-refractivity contribution is -0.135. The van der Waals surface area contributed by atoms with Crippen LogP contribution in [-0.2, 0) is 11.3 Å². The smallest absolute Gasteiger partial charge is 0.261 e. The standard InChI is InChI=1S/C18H20INO2/c1-14(2)20(12-15-8-4-3-5-9-15)18(21)13-22-17-11-7-6-10-16(17)19/h3-11,14H,12-13H2,1-2H3. The van der Waals surface area contributed by atoms with Crippen molar-refractivity contribution in [3.63, 3.8) is 0 Å². The number of nitrogens with zero attached hydrogens (tertiary/aromatic N) is 1. The van der Waals surface area contributed by atoms with Gasteiger partial charge >= 0.3 is 0 Å². The molecule has 0 spiro atoms. The maximum atomic E-state index is 12.5. The van der Waals surface area contributed by atoms with Gasteiger partial charge in [0.2, 0.25) is 0 Å². The molecule has 0 heterocycles. The second-order valence-corrected chi connectivity index (χ2v) is 6.48. The zero-order valence-corrected chi connectivity index (χ0v) is 15.0. The highest BCUT2D eigenvalue weighted by molar-refractivity contribution is 14.1. The molecule has 0 saturated carbocycles. The number of para-hydroxylation sites is 1. The van der Waals surface area contributed by atoms with Gasteiger partial charge in [-0.25, -0.2) is 0 Å². The number of halogens is 1. The molecule has 0 aliphatic heterocycles. The van der Waals surface area contributed by atoms with Crippen molar-refractivity contribution in [2.75, 3.05) is 6.61 Å². The van der Waals surface area contributed by atoms with E-state index in [-0.39, 0.29) is 18.6 Å². The van der Waals surface area contributed by atoms with Crippen LogP contribution < -0.4 is 4.74 Å². The van der Waals surface area contributed by atoms with E-state index in [1.807, 2.05) is 73.3 Å². The van der Waals surface area contributed by atoms with Gasteiger partial charge in [0.25, 0.3) is 5.91 Å². The molecule has 0 saturated heterocycles. The molecular weight excluding hydrogens is 389 g/mol. The molecule has 0 aliphatic rings. The van der Waals surface area contributed by atoms with Crippen LogP contribution in [-0.4, -0.2) is 23.5 Å². The molecule has 0 radical (unpaired) electrons. The third-order valence-corrected chi connectivity index (χ3v) is 4.22. The van der Waals surface area contributed by atoms with Crippen LogP contribution in [0.25, 0.3) is 0 Å². The third kappa shape index (κ3) is 4.73. The van der Waals surface area contributed by atoms with Crippen LogP contribution in [0.4, 0.5) is 0 Å². The number of amides is 1. The number of carbonyl (C=O) groups is 1. The lowest BCUT2D eigenvalue weighted by Gasteiger charge is -2.27. The summed E-state index contributed by atoms with van der Waals surface area (Å²) in [6.45, 7) is 4.71. The first-order valence-corrected chi connectivity index (χ1v) is 8.36. The van der Waals surface area contributed by atoms with E-state index in [1.54, 1.807) is 0 Å². The Labute approximate surface area is 145 Å². The highest BCUT2D eigenvalue weighted by Gasteiger charge is 2.18. The minimum Gasteiger partial charge on any atom is -0.483 e. The summed E-state index contributed by atoms with van der Waals surface area (Å²) in [6.07, 6.45) is 0. The Kier molecular flexibility index (Phi) is 6.24. The minimum atomic E-state index is -0.00138. The molecule has 2 aromatic rings. The molecule has 2 rings (SSSR count). The molecule has 1 amide bonds. The Balaban J connectivity index is 2.00. The third-order valence-electron chi connectivity index (χ3n) is 3.33. The summed E-state index contributed by atoms with van der Waals surface area (Å²) in [5.74, 6) is 0.748. The van der Waals surface area contributed by atoms with Gasteiger partial charge in [-0.2, -0.15) is 0 Å². The van der Waals surface area contributed by atoms with Gasteiger partial charge in [-0.3, -0.25) is 4.79 Å². The largest absolute Gasteiger partial charge is 0.483 e. The van der Waals surface area contributed by atoms with Crippen LogP contribution in [0, 0.1) is 3.57 Å². The fraction of sp³-hybridized carbons (Fsp3) is 0.278. The van der Waals surface area contributed by atoms with Gasteiger partial charge < -0.3 is 9.64 Å².